The Bertz CT molecular complexity index is 1170. The van der Waals surface area contributed by atoms with Gasteiger partial charge in [0.2, 0.25) is 0 Å². The van der Waals surface area contributed by atoms with E-state index in [-0.39, 0.29) is 31.1 Å². The second-order valence-corrected chi connectivity index (χ2v) is 24.9. The molecule has 0 aliphatic rings. The number of carbonyl (C=O) groups excluding carboxylic acids is 3. The van der Waals surface area contributed by atoms with Crippen LogP contribution in [-0.4, -0.2) is 37.2 Å². The summed E-state index contributed by atoms with van der Waals surface area (Å²) in [5, 5.41) is 0. The summed E-state index contributed by atoms with van der Waals surface area (Å²) in [6.45, 7) is 6.75. The third kappa shape index (κ3) is 65.2. The lowest BCUT2D eigenvalue weighted by Crippen LogP contribution is -2.30. The van der Waals surface area contributed by atoms with Crippen molar-refractivity contribution in [3.8, 4) is 0 Å². The number of hydrogen-bond donors (Lipinski definition) is 0. The van der Waals surface area contributed by atoms with Gasteiger partial charge in [0.25, 0.3) is 0 Å². The molecule has 1 atom stereocenters. The molecule has 0 aromatic carbocycles. The lowest BCUT2D eigenvalue weighted by atomic mass is 10.0. The Morgan fingerprint density at radius 1 is 0.205 bits per heavy atom. The van der Waals surface area contributed by atoms with Crippen LogP contribution < -0.4 is 0 Å². The Morgan fingerprint density at radius 3 is 0.513 bits per heavy atom. The normalized spacial score (nSPS) is 11.9. The molecule has 0 fully saturated rings. The third-order valence-corrected chi connectivity index (χ3v) is 16.9. The van der Waals surface area contributed by atoms with Gasteiger partial charge in [0.1, 0.15) is 13.2 Å². The second-order valence-electron chi connectivity index (χ2n) is 24.9. The highest BCUT2D eigenvalue weighted by Crippen LogP contribution is 2.20. The van der Waals surface area contributed by atoms with Crippen LogP contribution in [0, 0.1) is 0 Å². The molecule has 0 amide bonds. The summed E-state index contributed by atoms with van der Waals surface area (Å²) >= 11 is 0. The van der Waals surface area contributed by atoms with Gasteiger partial charge in [-0.3, -0.25) is 14.4 Å². The molecule has 0 heterocycles. The van der Waals surface area contributed by atoms with Crippen LogP contribution in [0.25, 0.3) is 0 Å². The van der Waals surface area contributed by atoms with Crippen molar-refractivity contribution < 1.29 is 28.6 Å². The van der Waals surface area contributed by atoms with E-state index in [9.17, 15) is 14.4 Å². The van der Waals surface area contributed by atoms with Gasteiger partial charge in [0, 0.05) is 19.3 Å². The minimum Gasteiger partial charge on any atom is -0.462 e. The molecule has 0 aromatic rings. The van der Waals surface area contributed by atoms with E-state index in [1.165, 1.54) is 327 Å². The zero-order chi connectivity index (χ0) is 56.4. The van der Waals surface area contributed by atoms with Crippen LogP contribution in [-0.2, 0) is 28.6 Å². The average molecular weight is 1100 g/mol. The predicted octanol–water partition coefficient (Wildman–Crippen LogP) is 24.6. The molecule has 0 N–H and O–H groups in total. The highest BCUT2D eigenvalue weighted by atomic mass is 16.6. The fraction of sp³-hybridized carbons (Fsp3) is 0.958. The first-order chi connectivity index (χ1) is 38.5. The Hall–Kier alpha value is -1.59. The highest BCUT2D eigenvalue weighted by molar-refractivity contribution is 5.71. The molecule has 0 aliphatic carbocycles. The van der Waals surface area contributed by atoms with Gasteiger partial charge >= 0.3 is 17.9 Å². The van der Waals surface area contributed by atoms with E-state index in [1.54, 1.807) is 0 Å². The van der Waals surface area contributed by atoms with Gasteiger partial charge in [-0.25, -0.2) is 0 Å². The summed E-state index contributed by atoms with van der Waals surface area (Å²) in [5.41, 5.74) is 0. The van der Waals surface area contributed by atoms with E-state index >= 15 is 0 Å². The number of hydrogen-bond acceptors (Lipinski definition) is 6. The molecule has 0 rings (SSSR count). The van der Waals surface area contributed by atoms with Gasteiger partial charge in [-0.15, -0.1) is 0 Å². The van der Waals surface area contributed by atoms with Crippen molar-refractivity contribution in [2.45, 2.75) is 431 Å². The first kappa shape index (κ1) is 76.4. The number of carbonyl (C=O) groups is 3. The fourth-order valence-electron chi connectivity index (χ4n) is 11.5. The molecule has 0 bridgehead atoms. The van der Waals surface area contributed by atoms with Crippen molar-refractivity contribution in [3.05, 3.63) is 0 Å². The summed E-state index contributed by atoms with van der Waals surface area (Å²) in [4.78, 5) is 38.4. The molecule has 78 heavy (non-hydrogen) atoms. The maximum absolute atomic E-state index is 13.0. The molecule has 0 spiro atoms. The van der Waals surface area contributed by atoms with Crippen molar-refractivity contribution in [1.29, 1.82) is 0 Å². The quantitative estimate of drug-likeness (QED) is 0.0343. The molecule has 0 aromatic heterocycles. The van der Waals surface area contributed by atoms with Gasteiger partial charge in [0.05, 0.1) is 0 Å². The summed E-state index contributed by atoms with van der Waals surface area (Å²) < 4.78 is 17.0. The van der Waals surface area contributed by atoms with Gasteiger partial charge in [-0.1, -0.05) is 387 Å². The van der Waals surface area contributed by atoms with Crippen LogP contribution in [0.1, 0.15) is 425 Å². The van der Waals surface area contributed by atoms with Crippen molar-refractivity contribution in [2.75, 3.05) is 13.2 Å². The summed E-state index contributed by atoms with van der Waals surface area (Å²) in [5.74, 6) is -0.818. The minimum absolute atomic E-state index is 0.0601. The molecule has 6 nitrogen and oxygen atoms in total. The van der Waals surface area contributed by atoms with E-state index in [4.69, 9.17) is 14.2 Å². The van der Waals surface area contributed by atoms with E-state index in [1.807, 2.05) is 0 Å². The van der Waals surface area contributed by atoms with Gasteiger partial charge in [-0.2, -0.15) is 0 Å². The minimum atomic E-state index is -0.763. The summed E-state index contributed by atoms with van der Waals surface area (Å²) in [6, 6.07) is 0. The Kier molecular flexibility index (Phi) is 66.5. The van der Waals surface area contributed by atoms with E-state index in [0.29, 0.717) is 19.3 Å². The Labute approximate surface area is 488 Å². The smallest absolute Gasteiger partial charge is 0.306 e. The number of esters is 3. The molecule has 0 aliphatic heterocycles. The van der Waals surface area contributed by atoms with Crippen molar-refractivity contribution in [3.63, 3.8) is 0 Å². The van der Waals surface area contributed by atoms with Gasteiger partial charge in [0.15, 0.2) is 6.10 Å². The highest BCUT2D eigenvalue weighted by Gasteiger charge is 2.20. The number of ether oxygens (including phenoxy) is 3. The van der Waals surface area contributed by atoms with Crippen molar-refractivity contribution in [1.82, 2.24) is 0 Å². The molecule has 464 valence electrons. The van der Waals surface area contributed by atoms with Crippen LogP contribution in [0.2, 0.25) is 0 Å². The lowest BCUT2D eigenvalue weighted by Gasteiger charge is -2.18. The standard InChI is InChI=1S/C72H140O6/c1-4-7-10-13-16-19-22-25-28-30-32-34-36-37-39-40-42-44-47-50-53-56-59-62-65-71(74)77-68-69(67-76-70(73)64-61-58-55-52-49-46-27-24-21-18-15-12-9-6-3)78-72(75)66-63-60-57-54-51-48-45-43-41-38-35-33-31-29-26-23-20-17-14-11-8-5-2/h69H,4-68H2,1-3H3. The maximum atomic E-state index is 13.0. The van der Waals surface area contributed by atoms with Crippen LogP contribution in [0.3, 0.4) is 0 Å². The SMILES string of the molecule is CCCCCCCCCCCCCCCCCCCCCCCCCCC(=O)OCC(COC(=O)CCCCCCCCCCCCCCCC)OC(=O)CCCCCCCCCCCCCCCCCCCCCCCC. The predicted molar refractivity (Wildman–Crippen MR) is 340 cm³/mol. The summed E-state index contributed by atoms with van der Waals surface area (Å²) in [7, 11) is 0. The largest absolute Gasteiger partial charge is 0.462 e. The molecule has 0 saturated carbocycles. The molecule has 0 radical (unpaired) electrons. The van der Waals surface area contributed by atoms with E-state index in [0.717, 1.165) is 57.8 Å². The molecule has 6 heteroatoms. The zero-order valence-corrected chi connectivity index (χ0v) is 53.5. The van der Waals surface area contributed by atoms with E-state index < -0.39 is 6.10 Å². The Balaban J connectivity index is 4.21. The monoisotopic (exact) mass is 1100 g/mol. The third-order valence-electron chi connectivity index (χ3n) is 16.9. The second kappa shape index (κ2) is 67.9. The van der Waals surface area contributed by atoms with Crippen LogP contribution in [0.5, 0.6) is 0 Å². The van der Waals surface area contributed by atoms with Crippen LogP contribution in [0.15, 0.2) is 0 Å². The fourth-order valence-corrected chi connectivity index (χ4v) is 11.5. The molecular weight excluding hydrogens is 961 g/mol. The summed E-state index contributed by atoms with van der Waals surface area (Å²) in [6.07, 6.45) is 79.9. The number of rotatable bonds is 68. The lowest BCUT2D eigenvalue weighted by molar-refractivity contribution is -0.167. The Morgan fingerprint density at radius 2 is 0.346 bits per heavy atom. The van der Waals surface area contributed by atoms with Crippen LogP contribution in [0.4, 0.5) is 0 Å². The first-order valence-electron chi connectivity index (χ1n) is 36.0. The van der Waals surface area contributed by atoms with Gasteiger partial charge < -0.3 is 14.2 Å². The molecular formula is C72H140O6. The van der Waals surface area contributed by atoms with Crippen molar-refractivity contribution >= 4 is 17.9 Å². The molecule has 1 unspecified atom stereocenters. The first-order valence-corrected chi connectivity index (χ1v) is 36.0. The van der Waals surface area contributed by atoms with Gasteiger partial charge in [-0.05, 0) is 19.3 Å². The zero-order valence-electron chi connectivity index (χ0n) is 53.5. The maximum Gasteiger partial charge on any atom is 0.306 e. The number of unbranched alkanes of at least 4 members (excludes halogenated alkanes) is 57. The van der Waals surface area contributed by atoms with Crippen LogP contribution >= 0.6 is 0 Å². The van der Waals surface area contributed by atoms with Crippen molar-refractivity contribution in [2.24, 2.45) is 0 Å². The average Bonchev–Trinajstić information content (AvgIpc) is 3.44. The van der Waals surface area contributed by atoms with E-state index in [2.05, 4.69) is 20.8 Å². The topological polar surface area (TPSA) is 78.9 Å². The molecule has 0 saturated heterocycles.